The topological polar surface area (TPSA) is 69.0 Å². The molecule has 6 heteroatoms. The Kier molecular flexibility index (Phi) is 5.78. The first kappa shape index (κ1) is 19.6. The van der Waals surface area contributed by atoms with Gasteiger partial charge in [-0.2, -0.15) is 0 Å². The van der Waals surface area contributed by atoms with E-state index in [0.717, 1.165) is 5.56 Å². The van der Waals surface area contributed by atoms with Gasteiger partial charge < -0.3 is 14.6 Å². The van der Waals surface area contributed by atoms with Crippen LogP contribution in [0.2, 0.25) is 0 Å². The van der Waals surface area contributed by atoms with Gasteiger partial charge in [0.05, 0.1) is 19.5 Å². The van der Waals surface area contributed by atoms with E-state index < -0.39 is 0 Å². The molecule has 0 fully saturated rings. The van der Waals surface area contributed by atoms with E-state index in [1.165, 1.54) is 0 Å². The summed E-state index contributed by atoms with van der Waals surface area (Å²) in [6.45, 7) is 7.00. The molecule has 0 saturated carbocycles. The van der Waals surface area contributed by atoms with E-state index in [-0.39, 0.29) is 17.4 Å². The summed E-state index contributed by atoms with van der Waals surface area (Å²) in [5.41, 5.74) is 2.03. The summed E-state index contributed by atoms with van der Waals surface area (Å²) >= 11 is 0. The Morgan fingerprint density at radius 1 is 1.21 bits per heavy atom. The molecule has 28 heavy (non-hydrogen) atoms. The maximum Gasteiger partial charge on any atom is 0.251 e. The number of ether oxygens (including phenoxy) is 1. The SMILES string of the molecule is COc1cccnc1-c1cccc(C(=O)NC(Cn2ccnc2)C(C)(C)C)c1. The fourth-order valence-electron chi connectivity index (χ4n) is 2.96. The number of hydrogen-bond acceptors (Lipinski definition) is 4. The second-order valence-electron chi connectivity index (χ2n) is 7.79. The minimum absolute atomic E-state index is 0.0535. The number of hydrogen-bond donors (Lipinski definition) is 1. The van der Waals surface area contributed by atoms with E-state index in [4.69, 9.17) is 4.74 Å². The number of nitrogens with zero attached hydrogens (tertiary/aromatic N) is 3. The van der Waals surface area contributed by atoms with Gasteiger partial charge in [0.25, 0.3) is 5.91 Å². The molecule has 1 atom stereocenters. The fraction of sp³-hybridized carbons (Fsp3) is 0.318. The third kappa shape index (κ3) is 4.57. The number of amides is 1. The van der Waals surface area contributed by atoms with Gasteiger partial charge in [0.15, 0.2) is 0 Å². The Balaban J connectivity index is 1.83. The normalized spacial score (nSPS) is 12.4. The molecule has 3 rings (SSSR count). The summed E-state index contributed by atoms with van der Waals surface area (Å²) in [4.78, 5) is 21.5. The molecule has 6 nitrogen and oxygen atoms in total. The highest BCUT2D eigenvalue weighted by Crippen LogP contribution is 2.28. The molecule has 0 aliphatic carbocycles. The summed E-state index contributed by atoms with van der Waals surface area (Å²) in [7, 11) is 1.61. The molecule has 1 aromatic carbocycles. The second kappa shape index (κ2) is 8.25. The highest BCUT2D eigenvalue weighted by Gasteiger charge is 2.27. The van der Waals surface area contributed by atoms with Crippen molar-refractivity contribution in [3.05, 3.63) is 66.9 Å². The van der Waals surface area contributed by atoms with Gasteiger partial charge in [0, 0.05) is 36.3 Å². The summed E-state index contributed by atoms with van der Waals surface area (Å²) in [5, 5.41) is 3.18. The lowest BCUT2D eigenvalue weighted by molar-refractivity contribution is 0.0892. The number of carbonyl (C=O) groups is 1. The zero-order valence-corrected chi connectivity index (χ0v) is 16.7. The van der Waals surface area contributed by atoms with Crippen LogP contribution in [-0.4, -0.2) is 33.6 Å². The maximum absolute atomic E-state index is 13.0. The van der Waals surface area contributed by atoms with E-state index in [1.54, 1.807) is 25.8 Å². The summed E-state index contributed by atoms with van der Waals surface area (Å²) < 4.78 is 7.37. The average Bonchev–Trinajstić information content (AvgIpc) is 3.20. The van der Waals surface area contributed by atoms with Crippen molar-refractivity contribution in [3.63, 3.8) is 0 Å². The van der Waals surface area contributed by atoms with Gasteiger partial charge in [-0.05, 0) is 29.7 Å². The van der Waals surface area contributed by atoms with Crippen molar-refractivity contribution < 1.29 is 9.53 Å². The van der Waals surface area contributed by atoms with Gasteiger partial charge in [-0.15, -0.1) is 0 Å². The molecule has 146 valence electrons. The molecule has 0 radical (unpaired) electrons. The van der Waals surface area contributed by atoms with E-state index >= 15 is 0 Å². The quantitative estimate of drug-likeness (QED) is 0.708. The van der Waals surface area contributed by atoms with E-state index in [0.29, 0.717) is 23.6 Å². The average molecular weight is 378 g/mol. The van der Waals surface area contributed by atoms with Crippen molar-refractivity contribution in [2.24, 2.45) is 5.41 Å². The summed E-state index contributed by atoms with van der Waals surface area (Å²) in [6, 6.07) is 11.1. The predicted octanol–water partition coefficient (Wildman–Crippen LogP) is 3.80. The highest BCUT2D eigenvalue weighted by molar-refractivity contribution is 5.95. The zero-order chi connectivity index (χ0) is 20.1. The first-order valence-electron chi connectivity index (χ1n) is 9.24. The van der Waals surface area contributed by atoms with Crippen LogP contribution in [0.1, 0.15) is 31.1 Å². The lowest BCUT2D eigenvalue weighted by Gasteiger charge is -2.31. The number of imidazole rings is 1. The molecule has 2 heterocycles. The monoisotopic (exact) mass is 378 g/mol. The largest absolute Gasteiger partial charge is 0.494 e. The van der Waals surface area contributed by atoms with Crippen LogP contribution in [0.15, 0.2) is 61.3 Å². The predicted molar refractivity (Wildman–Crippen MR) is 109 cm³/mol. The molecule has 0 bridgehead atoms. The van der Waals surface area contributed by atoms with Gasteiger partial charge in [-0.25, -0.2) is 4.98 Å². The van der Waals surface area contributed by atoms with Crippen LogP contribution in [0.5, 0.6) is 5.75 Å². The Morgan fingerprint density at radius 2 is 2.04 bits per heavy atom. The minimum atomic E-state index is -0.114. The van der Waals surface area contributed by atoms with Crippen LogP contribution in [0.3, 0.4) is 0 Å². The molecule has 3 aromatic rings. The van der Waals surface area contributed by atoms with Gasteiger partial charge >= 0.3 is 0 Å². The van der Waals surface area contributed by atoms with E-state index in [9.17, 15) is 4.79 Å². The molecule has 0 aliphatic heterocycles. The standard InChI is InChI=1S/C22H26N4O2/c1-22(2,3)19(14-26-12-11-23-15-26)25-21(27)17-8-5-7-16(13-17)20-18(28-4)9-6-10-24-20/h5-13,15,19H,14H2,1-4H3,(H,25,27). The number of aromatic nitrogens is 3. The van der Waals surface area contributed by atoms with Crippen LogP contribution >= 0.6 is 0 Å². The van der Waals surface area contributed by atoms with Crippen molar-refractivity contribution in [2.75, 3.05) is 7.11 Å². The molecule has 1 N–H and O–H groups in total. The Bertz CT molecular complexity index is 930. The van der Waals surface area contributed by atoms with Crippen molar-refractivity contribution in [1.82, 2.24) is 19.9 Å². The summed E-state index contributed by atoms with van der Waals surface area (Å²) in [6.07, 6.45) is 7.12. The Hall–Kier alpha value is -3.15. The van der Waals surface area contributed by atoms with Crippen LogP contribution in [-0.2, 0) is 6.54 Å². The van der Waals surface area contributed by atoms with E-state index in [1.807, 2.05) is 47.2 Å². The lowest BCUT2D eigenvalue weighted by atomic mass is 9.86. The number of nitrogens with one attached hydrogen (secondary N) is 1. The molecule has 0 saturated heterocycles. The molecule has 2 aromatic heterocycles. The Labute approximate surface area is 165 Å². The van der Waals surface area contributed by atoms with Crippen molar-refractivity contribution >= 4 is 5.91 Å². The third-order valence-corrected chi connectivity index (χ3v) is 4.69. The third-order valence-electron chi connectivity index (χ3n) is 4.69. The van der Waals surface area contributed by atoms with Crippen LogP contribution < -0.4 is 10.1 Å². The number of pyridine rings is 1. The van der Waals surface area contributed by atoms with Crippen LogP contribution in [0, 0.1) is 5.41 Å². The number of rotatable bonds is 6. The number of carbonyl (C=O) groups excluding carboxylic acids is 1. The first-order valence-corrected chi connectivity index (χ1v) is 9.24. The number of benzene rings is 1. The van der Waals surface area contributed by atoms with Gasteiger partial charge in [0.1, 0.15) is 11.4 Å². The minimum Gasteiger partial charge on any atom is -0.494 e. The van der Waals surface area contributed by atoms with Crippen LogP contribution in [0.25, 0.3) is 11.3 Å². The van der Waals surface area contributed by atoms with Crippen molar-refractivity contribution in [1.29, 1.82) is 0 Å². The smallest absolute Gasteiger partial charge is 0.251 e. The Morgan fingerprint density at radius 3 is 2.71 bits per heavy atom. The van der Waals surface area contributed by atoms with Crippen molar-refractivity contribution in [2.45, 2.75) is 33.4 Å². The van der Waals surface area contributed by atoms with Crippen molar-refractivity contribution in [3.8, 4) is 17.0 Å². The fourth-order valence-corrected chi connectivity index (χ4v) is 2.96. The summed E-state index contributed by atoms with van der Waals surface area (Å²) in [5.74, 6) is 0.560. The molecule has 0 spiro atoms. The number of methoxy groups -OCH3 is 1. The molecule has 0 aliphatic rings. The zero-order valence-electron chi connectivity index (χ0n) is 16.7. The first-order chi connectivity index (χ1) is 13.4. The molecular weight excluding hydrogens is 352 g/mol. The lowest BCUT2D eigenvalue weighted by Crippen LogP contribution is -2.46. The van der Waals surface area contributed by atoms with Gasteiger partial charge in [0.2, 0.25) is 0 Å². The molecule has 1 unspecified atom stereocenters. The highest BCUT2D eigenvalue weighted by atomic mass is 16.5. The maximum atomic E-state index is 13.0. The molecule has 1 amide bonds. The van der Waals surface area contributed by atoms with Gasteiger partial charge in [-0.3, -0.25) is 9.78 Å². The van der Waals surface area contributed by atoms with Crippen LogP contribution in [0.4, 0.5) is 0 Å². The van der Waals surface area contributed by atoms with E-state index in [2.05, 4.69) is 36.1 Å². The second-order valence-corrected chi connectivity index (χ2v) is 7.79. The van der Waals surface area contributed by atoms with Gasteiger partial charge in [-0.1, -0.05) is 32.9 Å². The molecular formula is C22H26N4O2.